The van der Waals surface area contributed by atoms with Crippen LogP contribution in [0.2, 0.25) is 5.02 Å². The molecule has 0 aliphatic heterocycles. The first-order valence-corrected chi connectivity index (χ1v) is 9.70. The van der Waals surface area contributed by atoms with Crippen molar-refractivity contribution in [3.8, 4) is 0 Å². The van der Waals surface area contributed by atoms with Crippen LogP contribution in [-0.4, -0.2) is 16.7 Å². The van der Waals surface area contributed by atoms with E-state index in [2.05, 4.69) is 12.2 Å². The molecule has 1 aliphatic rings. The molecule has 7 nitrogen and oxygen atoms in total. The summed E-state index contributed by atoms with van der Waals surface area (Å²) >= 11 is 7.14. The molecule has 1 heterocycles. The second-order valence-electron chi connectivity index (χ2n) is 6.47. The second kappa shape index (κ2) is 7.66. The lowest BCUT2D eigenvalue weighted by Gasteiger charge is -2.20. The summed E-state index contributed by atoms with van der Waals surface area (Å²) in [6, 6.07) is 3.81. The number of nitrogens with zero attached hydrogens (tertiary/aromatic N) is 1. The Labute approximate surface area is 164 Å². The zero-order chi connectivity index (χ0) is 19.7. The first-order valence-electron chi connectivity index (χ1n) is 8.51. The van der Waals surface area contributed by atoms with E-state index in [0.717, 1.165) is 42.2 Å². The van der Waals surface area contributed by atoms with Gasteiger partial charge in [0.1, 0.15) is 10.0 Å². The highest BCUT2D eigenvalue weighted by atomic mass is 35.5. The third-order valence-corrected chi connectivity index (χ3v) is 6.31. The lowest BCUT2D eigenvalue weighted by molar-refractivity contribution is -0.384. The summed E-state index contributed by atoms with van der Waals surface area (Å²) in [7, 11) is 0. The Hall–Kier alpha value is -2.45. The van der Waals surface area contributed by atoms with Crippen LogP contribution < -0.4 is 11.1 Å². The zero-order valence-electron chi connectivity index (χ0n) is 14.6. The van der Waals surface area contributed by atoms with Gasteiger partial charge in [-0.2, -0.15) is 0 Å². The highest BCUT2D eigenvalue weighted by molar-refractivity contribution is 7.17. The SMILES string of the molecule is CC[C@@H]1CCc2c(sc(NC(=O)c3ccc(Cl)c([N+](=O)[O-])c3)c2C(N)=O)C1. The Morgan fingerprint density at radius 3 is 2.81 bits per heavy atom. The Morgan fingerprint density at radius 2 is 2.19 bits per heavy atom. The molecular formula is C18H18ClN3O4S. The van der Waals surface area contributed by atoms with Gasteiger partial charge in [0.2, 0.25) is 0 Å². The summed E-state index contributed by atoms with van der Waals surface area (Å²) in [5, 5.41) is 14.1. The van der Waals surface area contributed by atoms with Crippen molar-refractivity contribution >= 4 is 45.4 Å². The molecule has 1 aromatic carbocycles. The van der Waals surface area contributed by atoms with Crippen LogP contribution in [0.1, 0.15) is 50.9 Å². The molecule has 2 aromatic rings. The quantitative estimate of drug-likeness (QED) is 0.571. The third kappa shape index (κ3) is 3.81. The molecule has 1 aliphatic carbocycles. The Morgan fingerprint density at radius 1 is 1.44 bits per heavy atom. The van der Waals surface area contributed by atoms with E-state index < -0.39 is 16.7 Å². The van der Waals surface area contributed by atoms with Gasteiger partial charge in [0, 0.05) is 16.5 Å². The van der Waals surface area contributed by atoms with Crippen molar-refractivity contribution in [2.24, 2.45) is 11.7 Å². The van der Waals surface area contributed by atoms with E-state index in [1.165, 1.54) is 23.5 Å². The minimum Gasteiger partial charge on any atom is -0.365 e. The number of primary amides is 1. The number of carbonyl (C=O) groups is 2. The van der Waals surface area contributed by atoms with Crippen LogP contribution >= 0.6 is 22.9 Å². The van der Waals surface area contributed by atoms with Crippen molar-refractivity contribution in [1.29, 1.82) is 0 Å². The number of fused-ring (bicyclic) bond motifs is 1. The number of nitro groups is 1. The van der Waals surface area contributed by atoms with Crippen molar-refractivity contribution in [2.45, 2.75) is 32.6 Å². The number of nitrogens with one attached hydrogen (secondary N) is 1. The number of carbonyl (C=O) groups excluding carboxylic acids is 2. The molecule has 3 N–H and O–H groups in total. The summed E-state index contributed by atoms with van der Waals surface area (Å²) in [6.45, 7) is 2.13. The summed E-state index contributed by atoms with van der Waals surface area (Å²) in [5.41, 5.74) is 6.55. The number of hydrogen-bond donors (Lipinski definition) is 2. The average molecular weight is 408 g/mol. The third-order valence-electron chi connectivity index (χ3n) is 4.82. The van der Waals surface area contributed by atoms with Crippen molar-refractivity contribution in [1.82, 2.24) is 0 Å². The van der Waals surface area contributed by atoms with Gasteiger partial charge in [-0.15, -0.1) is 11.3 Å². The summed E-state index contributed by atoms with van der Waals surface area (Å²) < 4.78 is 0. The number of rotatable bonds is 5. The Kier molecular flexibility index (Phi) is 5.48. The van der Waals surface area contributed by atoms with E-state index in [0.29, 0.717) is 16.5 Å². The van der Waals surface area contributed by atoms with Crippen LogP contribution in [0.3, 0.4) is 0 Å². The molecule has 27 heavy (non-hydrogen) atoms. The molecular weight excluding hydrogens is 390 g/mol. The van der Waals surface area contributed by atoms with Crippen molar-refractivity contribution in [2.75, 3.05) is 5.32 Å². The number of nitrogens with two attached hydrogens (primary N) is 1. The second-order valence-corrected chi connectivity index (χ2v) is 7.98. The Balaban J connectivity index is 1.93. The first kappa shape index (κ1) is 19.3. The molecule has 0 saturated carbocycles. The zero-order valence-corrected chi connectivity index (χ0v) is 16.2. The largest absolute Gasteiger partial charge is 0.365 e. The maximum atomic E-state index is 12.6. The van der Waals surface area contributed by atoms with Gasteiger partial charge in [-0.25, -0.2) is 0 Å². The molecule has 0 saturated heterocycles. The van der Waals surface area contributed by atoms with Gasteiger partial charge in [0.05, 0.1) is 10.5 Å². The highest BCUT2D eigenvalue weighted by Crippen LogP contribution is 2.40. The number of thiophene rings is 1. The van der Waals surface area contributed by atoms with Gasteiger partial charge in [0.25, 0.3) is 17.5 Å². The number of anilines is 1. The summed E-state index contributed by atoms with van der Waals surface area (Å²) in [5.74, 6) is -0.581. The Bertz CT molecular complexity index is 941. The van der Waals surface area contributed by atoms with Gasteiger partial charge in [-0.3, -0.25) is 19.7 Å². The van der Waals surface area contributed by atoms with Crippen LogP contribution in [0.25, 0.3) is 0 Å². The molecule has 0 spiro atoms. The van der Waals surface area contributed by atoms with E-state index in [1.54, 1.807) is 0 Å². The number of benzene rings is 1. The maximum Gasteiger partial charge on any atom is 0.288 e. The summed E-state index contributed by atoms with van der Waals surface area (Å²) in [4.78, 5) is 36.0. The fourth-order valence-corrected chi connectivity index (χ4v) is 4.87. The number of hydrogen-bond acceptors (Lipinski definition) is 5. The fraction of sp³-hybridized carbons (Fsp3) is 0.333. The molecule has 0 fully saturated rings. The normalized spacial score (nSPS) is 15.9. The van der Waals surface area contributed by atoms with Gasteiger partial charge in [-0.1, -0.05) is 24.9 Å². The molecule has 1 aromatic heterocycles. The molecule has 2 amide bonds. The lowest BCUT2D eigenvalue weighted by Crippen LogP contribution is -2.19. The van der Waals surface area contributed by atoms with Crippen LogP contribution in [0.5, 0.6) is 0 Å². The molecule has 0 unspecified atom stereocenters. The van der Waals surface area contributed by atoms with Crippen LogP contribution in [0, 0.1) is 16.0 Å². The molecule has 1 atom stereocenters. The monoisotopic (exact) mass is 407 g/mol. The van der Waals surface area contributed by atoms with E-state index in [4.69, 9.17) is 17.3 Å². The van der Waals surface area contributed by atoms with Gasteiger partial charge in [-0.05, 0) is 42.9 Å². The molecule has 0 radical (unpaired) electrons. The first-order chi connectivity index (χ1) is 12.8. The van der Waals surface area contributed by atoms with Gasteiger partial charge in [0.15, 0.2) is 0 Å². The number of halogens is 1. The van der Waals surface area contributed by atoms with Crippen LogP contribution in [-0.2, 0) is 12.8 Å². The molecule has 0 bridgehead atoms. The van der Waals surface area contributed by atoms with Crippen molar-refractivity contribution in [3.63, 3.8) is 0 Å². The average Bonchev–Trinajstić information content (AvgIpc) is 2.98. The highest BCUT2D eigenvalue weighted by Gasteiger charge is 2.28. The van der Waals surface area contributed by atoms with Crippen LogP contribution in [0.15, 0.2) is 18.2 Å². The minimum atomic E-state index is -0.650. The predicted octanol–water partition coefficient (Wildman–Crippen LogP) is 4.18. The predicted molar refractivity (Wildman–Crippen MR) is 105 cm³/mol. The smallest absolute Gasteiger partial charge is 0.288 e. The maximum absolute atomic E-state index is 12.6. The van der Waals surface area contributed by atoms with Crippen LogP contribution in [0.4, 0.5) is 10.7 Å². The van der Waals surface area contributed by atoms with E-state index >= 15 is 0 Å². The summed E-state index contributed by atoms with van der Waals surface area (Å²) in [6.07, 6.45) is 3.65. The van der Waals surface area contributed by atoms with Crippen molar-refractivity contribution in [3.05, 3.63) is 54.9 Å². The van der Waals surface area contributed by atoms with E-state index in [1.807, 2.05) is 0 Å². The standard InChI is InChI=1S/C18H18ClN3O4S/c1-2-9-3-5-11-14(7-9)27-18(15(11)16(20)23)21-17(24)10-4-6-12(19)13(8-10)22(25)26/h4,6,8-9H,2-3,5,7H2,1H3,(H2,20,23)(H,21,24)/t9-/m1/s1. The minimum absolute atomic E-state index is 0.0495. The number of nitro benzene ring substituents is 1. The number of amides is 2. The lowest BCUT2D eigenvalue weighted by atomic mass is 9.85. The van der Waals surface area contributed by atoms with Gasteiger partial charge < -0.3 is 11.1 Å². The molecule has 3 rings (SSSR count). The van der Waals surface area contributed by atoms with E-state index in [9.17, 15) is 19.7 Å². The van der Waals surface area contributed by atoms with Crippen molar-refractivity contribution < 1.29 is 14.5 Å². The molecule has 9 heteroatoms. The molecule has 142 valence electrons. The van der Waals surface area contributed by atoms with E-state index in [-0.39, 0.29) is 16.3 Å². The van der Waals surface area contributed by atoms with Gasteiger partial charge >= 0.3 is 0 Å². The topological polar surface area (TPSA) is 115 Å². The fourth-order valence-electron chi connectivity index (χ4n) is 3.32.